The first kappa shape index (κ1) is 13.8. The van der Waals surface area contributed by atoms with Crippen molar-refractivity contribution in [2.45, 2.75) is 25.3 Å². The molecular weight excluding hydrogens is 317 g/mol. The highest BCUT2D eigenvalue weighted by Crippen LogP contribution is 2.34. The van der Waals surface area contributed by atoms with Gasteiger partial charge in [0.1, 0.15) is 5.82 Å². The zero-order valence-electron chi connectivity index (χ0n) is 11.4. The van der Waals surface area contributed by atoms with Crippen molar-refractivity contribution in [3.8, 4) is 0 Å². The summed E-state index contributed by atoms with van der Waals surface area (Å²) in [5.74, 6) is 0.408. The Morgan fingerprint density at radius 1 is 1.30 bits per heavy atom. The normalized spacial score (nSPS) is 18.2. The summed E-state index contributed by atoms with van der Waals surface area (Å²) in [6, 6.07) is 13.6. The van der Waals surface area contributed by atoms with Crippen LogP contribution in [0.4, 0.5) is 4.39 Å². The molecule has 0 saturated heterocycles. The van der Waals surface area contributed by atoms with E-state index in [4.69, 9.17) is 0 Å². The monoisotopic (exact) mass is 333 g/mol. The van der Waals surface area contributed by atoms with Crippen molar-refractivity contribution >= 4 is 15.9 Å². The highest BCUT2D eigenvalue weighted by molar-refractivity contribution is 9.10. The highest BCUT2D eigenvalue weighted by atomic mass is 79.9. The van der Waals surface area contributed by atoms with Crippen LogP contribution in [0.1, 0.15) is 35.6 Å². The van der Waals surface area contributed by atoms with Crippen molar-refractivity contribution in [3.05, 3.63) is 69.4 Å². The smallest absolute Gasteiger partial charge is 0.128 e. The third-order valence-corrected chi connectivity index (χ3v) is 4.55. The third kappa shape index (κ3) is 2.65. The van der Waals surface area contributed by atoms with Crippen LogP contribution in [0, 0.1) is 5.82 Å². The molecule has 104 valence electrons. The fraction of sp³-hybridized carbons (Fsp3) is 0.294. The lowest BCUT2D eigenvalue weighted by atomic mass is 9.77. The summed E-state index contributed by atoms with van der Waals surface area (Å²) in [5.41, 5.74) is 3.59. The molecule has 0 amide bonds. The SMILES string of the molecule is CC(NCC1Cc2ccccc21)c1cc(Br)ccc1F. The van der Waals surface area contributed by atoms with Gasteiger partial charge in [0.2, 0.25) is 0 Å². The van der Waals surface area contributed by atoms with Gasteiger partial charge >= 0.3 is 0 Å². The van der Waals surface area contributed by atoms with Crippen LogP contribution in [0.2, 0.25) is 0 Å². The van der Waals surface area contributed by atoms with E-state index in [1.807, 2.05) is 13.0 Å². The largest absolute Gasteiger partial charge is 0.309 e. The Morgan fingerprint density at radius 3 is 2.90 bits per heavy atom. The van der Waals surface area contributed by atoms with E-state index in [1.165, 1.54) is 17.2 Å². The Kier molecular flexibility index (Phi) is 3.90. The molecule has 1 aliphatic rings. The predicted octanol–water partition coefficient (Wildman–Crippen LogP) is 4.58. The molecular formula is C17H17BrFN. The van der Waals surface area contributed by atoms with Crippen molar-refractivity contribution in [2.24, 2.45) is 0 Å². The molecule has 1 nitrogen and oxygen atoms in total. The Morgan fingerprint density at radius 2 is 2.10 bits per heavy atom. The second-order valence-corrected chi connectivity index (χ2v) is 6.31. The molecule has 0 aromatic heterocycles. The maximum absolute atomic E-state index is 13.8. The van der Waals surface area contributed by atoms with Crippen LogP contribution < -0.4 is 5.32 Å². The van der Waals surface area contributed by atoms with E-state index in [1.54, 1.807) is 6.07 Å². The van der Waals surface area contributed by atoms with E-state index in [9.17, 15) is 4.39 Å². The first-order valence-electron chi connectivity index (χ1n) is 6.91. The van der Waals surface area contributed by atoms with E-state index in [-0.39, 0.29) is 11.9 Å². The number of hydrogen-bond donors (Lipinski definition) is 1. The van der Waals surface area contributed by atoms with Gasteiger partial charge in [-0.3, -0.25) is 0 Å². The molecule has 20 heavy (non-hydrogen) atoms. The van der Waals surface area contributed by atoms with Crippen LogP contribution in [0.3, 0.4) is 0 Å². The zero-order chi connectivity index (χ0) is 14.1. The highest BCUT2D eigenvalue weighted by Gasteiger charge is 2.25. The summed E-state index contributed by atoms with van der Waals surface area (Å²) < 4.78 is 14.7. The molecule has 0 spiro atoms. The molecule has 0 radical (unpaired) electrons. The summed E-state index contributed by atoms with van der Waals surface area (Å²) in [4.78, 5) is 0. The van der Waals surface area contributed by atoms with Gasteiger partial charge in [-0.15, -0.1) is 0 Å². The first-order valence-corrected chi connectivity index (χ1v) is 7.70. The second kappa shape index (κ2) is 5.66. The molecule has 3 heteroatoms. The van der Waals surface area contributed by atoms with Gasteiger partial charge in [0, 0.05) is 28.5 Å². The quantitative estimate of drug-likeness (QED) is 0.863. The standard InChI is InChI=1S/C17H17BrFN/c1-11(16-9-14(18)6-7-17(16)19)20-10-13-8-12-4-2-3-5-15(12)13/h2-7,9,11,13,20H,8,10H2,1H3. The molecule has 2 atom stereocenters. The molecule has 3 rings (SSSR count). The molecule has 0 heterocycles. The van der Waals surface area contributed by atoms with Crippen molar-refractivity contribution in [2.75, 3.05) is 6.54 Å². The topological polar surface area (TPSA) is 12.0 Å². The first-order chi connectivity index (χ1) is 9.65. The number of fused-ring (bicyclic) bond motifs is 1. The van der Waals surface area contributed by atoms with E-state index in [2.05, 4.69) is 45.5 Å². The van der Waals surface area contributed by atoms with Gasteiger partial charge in [-0.1, -0.05) is 40.2 Å². The summed E-state index contributed by atoms with van der Waals surface area (Å²) in [5, 5.41) is 3.45. The minimum Gasteiger partial charge on any atom is -0.309 e. The number of nitrogens with one attached hydrogen (secondary N) is 1. The molecule has 2 aromatic rings. The van der Waals surface area contributed by atoms with Crippen molar-refractivity contribution in [3.63, 3.8) is 0 Å². The molecule has 0 aliphatic heterocycles. The van der Waals surface area contributed by atoms with Crippen LogP contribution >= 0.6 is 15.9 Å². The lowest BCUT2D eigenvalue weighted by Crippen LogP contribution is -2.31. The van der Waals surface area contributed by atoms with Crippen LogP contribution in [0.15, 0.2) is 46.9 Å². The minimum atomic E-state index is -0.151. The van der Waals surface area contributed by atoms with Gasteiger partial charge in [0.25, 0.3) is 0 Å². The fourth-order valence-electron chi connectivity index (χ4n) is 2.82. The Labute approximate surface area is 127 Å². The van der Waals surface area contributed by atoms with Crippen LogP contribution in [-0.2, 0) is 6.42 Å². The van der Waals surface area contributed by atoms with Gasteiger partial charge in [-0.05, 0) is 42.7 Å². The second-order valence-electron chi connectivity index (χ2n) is 5.40. The predicted molar refractivity (Wildman–Crippen MR) is 83.4 cm³/mol. The lowest BCUT2D eigenvalue weighted by Gasteiger charge is -2.31. The van der Waals surface area contributed by atoms with E-state index >= 15 is 0 Å². The Balaban J connectivity index is 1.63. The van der Waals surface area contributed by atoms with Crippen LogP contribution in [0.25, 0.3) is 0 Å². The number of hydrogen-bond acceptors (Lipinski definition) is 1. The number of halogens is 2. The van der Waals surface area contributed by atoms with Crippen LogP contribution in [-0.4, -0.2) is 6.54 Å². The van der Waals surface area contributed by atoms with Crippen LogP contribution in [0.5, 0.6) is 0 Å². The van der Waals surface area contributed by atoms with E-state index < -0.39 is 0 Å². The minimum absolute atomic E-state index is 0.0141. The molecule has 0 bridgehead atoms. The Bertz CT molecular complexity index is 626. The van der Waals surface area contributed by atoms with Crippen molar-refractivity contribution < 1.29 is 4.39 Å². The molecule has 0 fully saturated rings. The van der Waals surface area contributed by atoms with Gasteiger partial charge in [-0.2, -0.15) is 0 Å². The molecule has 2 unspecified atom stereocenters. The molecule has 1 aliphatic carbocycles. The zero-order valence-corrected chi connectivity index (χ0v) is 13.0. The van der Waals surface area contributed by atoms with E-state index in [0.717, 1.165) is 17.4 Å². The molecule has 2 aromatic carbocycles. The maximum Gasteiger partial charge on any atom is 0.128 e. The van der Waals surface area contributed by atoms with E-state index in [0.29, 0.717) is 11.5 Å². The summed E-state index contributed by atoms with van der Waals surface area (Å²) in [6.45, 7) is 2.90. The summed E-state index contributed by atoms with van der Waals surface area (Å²) >= 11 is 3.40. The average molecular weight is 334 g/mol. The fourth-order valence-corrected chi connectivity index (χ4v) is 3.20. The Hall–Kier alpha value is -1.19. The maximum atomic E-state index is 13.8. The summed E-state index contributed by atoms with van der Waals surface area (Å²) in [7, 11) is 0. The average Bonchev–Trinajstić information content (AvgIpc) is 2.42. The number of benzene rings is 2. The van der Waals surface area contributed by atoms with Gasteiger partial charge in [-0.25, -0.2) is 4.39 Å². The third-order valence-electron chi connectivity index (χ3n) is 4.06. The van der Waals surface area contributed by atoms with Crippen molar-refractivity contribution in [1.82, 2.24) is 5.32 Å². The number of rotatable bonds is 4. The lowest BCUT2D eigenvalue weighted by molar-refractivity contribution is 0.474. The van der Waals surface area contributed by atoms with Gasteiger partial charge in [0.05, 0.1) is 0 Å². The summed E-state index contributed by atoms with van der Waals surface area (Å²) in [6.07, 6.45) is 1.12. The molecule has 0 saturated carbocycles. The van der Waals surface area contributed by atoms with Crippen molar-refractivity contribution in [1.29, 1.82) is 0 Å². The van der Waals surface area contributed by atoms with Gasteiger partial charge < -0.3 is 5.32 Å². The molecule has 1 N–H and O–H groups in total. The van der Waals surface area contributed by atoms with Gasteiger partial charge in [0.15, 0.2) is 0 Å².